The third kappa shape index (κ3) is 3.54. The molecule has 0 fully saturated rings. The summed E-state index contributed by atoms with van der Waals surface area (Å²) < 4.78 is 0. The Morgan fingerprint density at radius 2 is 2.21 bits per heavy atom. The lowest BCUT2D eigenvalue weighted by Crippen LogP contribution is -2.35. The summed E-state index contributed by atoms with van der Waals surface area (Å²) in [6.07, 6.45) is 2.22. The average Bonchev–Trinajstić information content (AvgIpc) is 2.44. The van der Waals surface area contributed by atoms with Gasteiger partial charge in [0.15, 0.2) is 0 Å². The number of hydrogen-bond donors (Lipinski definition) is 3. The standard InChI is InChI=1S/C12H22N6O/c1-5-9-10(17-13)15-7-16-11(9)18(4)6-8(2)12(19)14-3/h7-8H,5-6,13H2,1-4H3,(H,14,19)(H,15,16,17). The van der Waals surface area contributed by atoms with Gasteiger partial charge in [0.25, 0.3) is 0 Å². The molecule has 0 aliphatic heterocycles. The quantitative estimate of drug-likeness (QED) is 0.501. The molecule has 1 amide bonds. The SMILES string of the molecule is CCc1c(NN)ncnc1N(C)CC(C)C(=O)NC. The first-order valence-electron chi connectivity index (χ1n) is 6.28. The van der Waals surface area contributed by atoms with Gasteiger partial charge in [0.1, 0.15) is 18.0 Å². The molecule has 0 saturated carbocycles. The highest BCUT2D eigenvalue weighted by molar-refractivity contribution is 5.78. The second-order valence-electron chi connectivity index (χ2n) is 4.42. The molecule has 1 aromatic rings. The van der Waals surface area contributed by atoms with Gasteiger partial charge in [-0.1, -0.05) is 13.8 Å². The minimum atomic E-state index is -0.121. The van der Waals surface area contributed by atoms with Crippen LogP contribution in [0, 0.1) is 5.92 Å². The van der Waals surface area contributed by atoms with Crippen molar-refractivity contribution in [2.45, 2.75) is 20.3 Å². The highest BCUT2D eigenvalue weighted by Gasteiger charge is 2.18. The summed E-state index contributed by atoms with van der Waals surface area (Å²) in [7, 11) is 3.54. The fourth-order valence-electron chi connectivity index (χ4n) is 2.01. The largest absolute Gasteiger partial charge is 0.359 e. The van der Waals surface area contributed by atoms with Crippen molar-refractivity contribution < 1.29 is 4.79 Å². The fraction of sp³-hybridized carbons (Fsp3) is 0.583. The van der Waals surface area contributed by atoms with Gasteiger partial charge in [-0.2, -0.15) is 0 Å². The number of hydrazine groups is 1. The van der Waals surface area contributed by atoms with Crippen molar-refractivity contribution in [2.24, 2.45) is 11.8 Å². The molecular formula is C12H22N6O. The Morgan fingerprint density at radius 1 is 1.53 bits per heavy atom. The van der Waals surface area contributed by atoms with Gasteiger partial charge in [0.2, 0.25) is 5.91 Å². The molecule has 1 heterocycles. The zero-order valence-electron chi connectivity index (χ0n) is 11.9. The van der Waals surface area contributed by atoms with Gasteiger partial charge >= 0.3 is 0 Å². The van der Waals surface area contributed by atoms with Crippen molar-refractivity contribution in [2.75, 3.05) is 31.0 Å². The number of amides is 1. The average molecular weight is 266 g/mol. The van der Waals surface area contributed by atoms with E-state index in [0.29, 0.717) is 12.4 Å². The molecule has 0 bridgehead atoms. The van der Waals surface area contributed by atoms with Gasteiger partial charge in [-0.3, -0.25) is 4.79 Å². The Kier molecular flexibility index (Phi) is 5.50. The lowest BCUT2D eigenvalue weighted by atomic mass is 10.1. The van der Waals surface area contributed by atoms with Crippen molar-refractivity contribution in [3.05, 3.63) is 11.9 Å². The molecule has 0 aromatic carbocycles. The Morgan fingerprint density at radius 3 is 2.74 bits per heavy atom. The summed E-state index contributed by atoms with van der Waals surface area (Å²) in [5, 5.41) is 2.64. The molecule has 0 aliphatic rings. The molecule has 7 nitrogen and oxygen atoms in total. The minimum absolute atomic E-state index is 0.0103. The van der Waals surface area contributed by atoms with E-state index >= 15 is 0 Å². The maximum atomic E-state index is 11.6. The zero-order valence-corrected chi connectivity index (χ0v) is 11.9. The number of nitrogens with one attached hydrogen (secondary N) is 2. The van der Waals surface area contributed by atoms with E-state index in [9.17, 15) is 4.79 Å². The van der Waals surface area contributed by atoms with Gasteiger partial charge < -0.3 is 15.6 Å². The smallest absolute Gasteiger partial charge is 0.224 e. The third-order valence-electron chi connectivity index (χ3n) is 3.02. The number of nitrogens with two attached hydrogens (primary N) is 1. The number of hydrogen-bond acceptors (Lipinski definition) is 6. The van der Waals surface area contributed by atoms with Crippen LogP contribution in [0.1, 0.15) is 19.4 Å². The predicted octanol–water partition coefficient (Wildman–Crippen LogP) is 0.143. The Hall–Kier alpha value is -1.89. The van der Waals surface area contributed by atoms with Crippen LogP contribution in [0.4, 0.5) is 11.6 Å². The molecule has 19 heavy (non-hydrogen) atoms. The number of carbonyl (C=O) groups is 1. The Bertz CT molecular complexity index is 436. The van der Waals surface area contributed by atoms with E-state index in [1.54, 1.807) is 7.05 Å². The summed E-state index contributed by atoms with van der Waals surface area (Å²) in [6.45, 7) is 4.47. The molecule has 4 N–H and O–H groups in total. The second kappa shape index (κ2) is 6.89. The highest BCUT2D eigenvalue weighted by atomic mass is 16.1. The molecule has 1 unspecified atom stereocenters. The molecule has 1 rings (SSSR count). The summed E-state index contributed by atoms with van der Waals surface area (Å²) in [4.78, 5) is 21.9. The number of rotatable bonds is 6. The van der Waals surface area contributed by atoms with Gasteiger partial charge in [0, 0.05) is 26.2 Å². The number of carbonyl (C=O) groups excluding carboxylic acids is 1. The van der Waals surface area contributed by atoms with E-state index < -0.39 is 0 Å². The first-order valence-corrected chi connectivity index (χ1v) is 6.28. The van der Waals surface area contributed by atoms with Crippen molar-refractivity contribution in [3.8, 4) is 0 Å². The first kappa shape index (κ1) is 15.2. The third-order valence-corrected chi connectivity index (χ3v) is 3.02. The molecule has 1 atom stereocenters. The van der Waals surface area contributed by atoms with Gasteiger partial charge in [-0.15, -0.1) is 0 Å². The van der Waals surface area contributed by atoms with E-state index in [0.717, 1.165) is 17.8 Å². The molecule has 7 heteroatoms. The van der Waals surface area contributed by atoms with Crippen LogP contribution in [0.25, 0.3) is 0 Å². The number of nitrogens with zero attached hydrogens (tertiary/aromatic N) is 3. The molecule has 106 valence electrons. The number of anilines is 2. The van der Waals surface area contributed by atoms with E-state index in [-0.39, 0.29) is 11.8 Å². The van der Waals surface area contributed by atoms with Crippen molar-refractivity contribution in [1.82, 2.24) is 15.3 Å². The molecule has 0 aliphatic carbocycles. The Balaban J connectivity index is 2.93. The van der Waals surface area contributed by atoms with Crippen LogP contribution < -0.4 is 21.5 Å². The Labute approximate surface area is 113 Å². The predicted molar refractivity (Wildman–Crippen MR) is 75.7 cm³/mol. The maximum absolute atomic E-state index is 11.6. The molecule has 1 aromatic heterocycles. The molecule has 0 spiro atoms. The zero-order chi connectivity index (χ0) is 14.4. The molecule has 0 radical (unpaired) electrons. The topological polar surface area (TPSA) is 96.2 Å². The number of nitrogen functional groups attached to an aromatic ring is 1. The number of aromatic nitrogens is 2. The first-order chi connectivity index (χ1) is 9.04. The lowest BCUT2D eigenvalue weighted by molar-refractivity contribution is -0.123. The minimum Gasteiger partial charge on any atom is -0.359 e. The van der Waals surface area contributed by atoms with Crippen LogP contribution in [-0.2, 0) is 11.2 Å². The van der Waals surface area contributed by atoms with Crippen molar-refractivity contribution in [1.29, 1.82) is 0 Å². The van der Waals surface area contributed by atoms with Crippen LogP contribution in [0.5, 0.6) is 0 Å². The van der Waals surface area contributed by atoms with Crippen LogP contribution in [0.3, 0.4) is 0 Å². The molecular weight excluding hydrogens is 244 g/mol. The van der Waals surface area contributed by atoms with Crippen LogP contribution in [0.2, 0.25) is 0 Å². The summed E-state index contributed by atoms with van der Waals surface area (Å²) in [5.41, 5.74) is 3.51. The monoisotopic (exact) mass is 266 g/mol. The van der Waals surface area contributed by atoms with Gasteiger partial charge in [-0.05, 0) is 6.42 Å². The van der Waals surface area contributed by atoms with E-state index in [1.807, 2.05) is 25.8 Å². The van der Waals surface area contributed by atoms with E-state index in [2.05, 4.69) is 20.7 Å². The van der Waals surface area contributed by atoms with Crippen molar-refractivity contribution >= 4 is 17.5 Å². The van der Waals surface area contributed by atoms with E-state index in [4.69, 9.17) is 5.84 Å². The van der Waals surface area contributed by atoms with Crippen LogP contribution in [-0.4, -0.2) is 36.5 Å². The maximum Gasteiger partial charge on any atom is 0.224 e. The highest BCUT2D eigenvalue weighted by Crippen LogP contribution is 2.23. The van der Waals surface area contributed by atoms with Gasteiger partial charge in [0.05, 0.1) is 5.92 Å². The van der Waals surface area contributed by atoms with Gasteiger partial charge in [-0.25, -0.2) is 15.8 Å². The normalized spacial score (nSPS) is 11.8. The van der Waals surface area contributed by atoms with Crippen molar-refractivity contribution in [3.63, 3.8) is 0 Å². The molecule has 0 saturated heterocycles. The van der Waals surface area contributed by atoms with E-state index in [1.165, 1.54) is 6.33 Å². The summed E-state index contributed by atoms with van der Waals surface area (Å²) in [5.74, 6) is 6.74. The summed E-state index contributed by atoms with van der Waals surface area (Å²) in [6, 6.07) is 0. The summed E-state index contributed by atoms with van der Waals surface area (Å²) >= 11 is 0. The second-order valence-corrected chi connectivity index (χ2v) is 4.42. The van der Waals surface area contributed by atoms with Crippen LogP contribution >= 0.6 is 0 Å². The lowest BCUT2D eigenvalue weighted by Gasteiger charge is -2.24. The fourth-order valence-corrected chi connectivity index (χ4v) is 2.01. The van der Waals surface area contributed by atoms with Crippen LogP contribution in [0.15, 0.2) is 6.33 Å².